The lowest BCUT2D eigenvalue weighted by Gasteiger charge is -2.06. The third-order valence-electron chi connectivity index (χ3n) is 2.69. The molecule has 1 heterocycles. The molecule has 0 radical (unpaired) electrons. The Balaban J connectivity index is 1.96. The average Bonchev–Trinajstić information content (AvgIpc) is 2.46. The molecule has 0 unspecified atom stereocenters. The number of ether oxygens (including phenoxy) is 1. The van der Waals surface area contributed by atoms with Gasteiger partial charge in [-0.05, 0) is 11.5 Å². The summed E-state index contributed by atoms with van der Waals surface area (Å²) >= 11 is 0. The van der Waals surface area contributed by atoms with Gasteiger partial charge in [0.2, 0.25) is 0 Å². The van der Waals surface area contributed by atoms with Gasteiger partial charge in [0.15, 0.2) is 5.69 Å². The highest BCUT2D eigenvalue weighted by Crippen LogP contribution is 2.10. The second-order valence-electron chi connectivity index (χ2n) is 4.54. The fraction of sp³-hybridized carbons (Fsp3) is 0.267. The van der Waals surface area contributed by atoms with Crippen LogP contribution in [0.2, 0.25) is 0 Å². The summed E-state index contributed by atoms with van der Waals surface area (Å²) in [5, 5.41) is 0. The molecule has 0 aliphatic carbocycles. The van der Waals surface area contributed by atoms with Crippen LogP contribution < -0.4 is 0 Å². The lowest BCUT2D eigenvalue weighted by Crippen LogP contribution is -2.09. The molecule has 0 amide bonds. The van der Waals surface area contributed by atoms with E-state index >= 15 is 0 Å². The Morgan fingerprint density at radius 2 is 1.89 bits per heavy atom. The van der Waals surface area contributed by atoms with Gasteiger partial charge in [0.25, 0.3) is 0 Å². The van der Waals surface area contributed by atoms with E-state index in [1.54, 1.807) is 6.20 Å². The molecule has 2 rings (SSSR count). The van der Waals surface area contributed by atoms with Crippen LogP contribution in [0.3, 0.4) is 0 Å². The predicted octanol–water partition coefficient (Wildman–Crippen LogP) is 2.96. The highest BCUT2D eigenvalue weighted by Gasteiger charge is 2.10. The molecule has 0 atom stereocenters. The fourth-order valence-corrected chi connectivity index (χ4v) is 1.54. The molecule has 1 aromatic carbocycles. The molecule has 0 bridgehead atoms. The topological polar surface area (TPSA) is 52.1 Å². The van der Waals surface area contributed by atoms with Gasteiger partial charge in [-0.3, -0.25) is 4.98 Å². The molecule has 4 nitrogen and oxygen atoms in total. The maximum absolute atomic E-state index is 11.8. The normalized spacial score (nSPS) is 10.5. The molecule has 0 aliphatic rings. The zero-order valence-corrected chi connectivity index (χ0v) is 11.0. The van der Waals surface area contributed by atoms with Gasteiger partial charge in [0.1, 0.15) is 6.61 Å². The van der Waals surface area contributed by atoms with E-state index in [-0.39, 0.29) is 12.3 Å². The Hall–Kier alpha value is -2.23. The molecule has 0 spiro atoms. The van der Waals surface area contributed by atoms with Crippen LogP contribution in [0.4, 0.5) is 0 Å². The molecule has 0 saturated carbocycles. The maximum atomic E-state index is 11.8. The van der Waals surface area contributed by atoms with E-state index in [0.717, 1.165) is 11.3 Å². The van der Waals surface area contributed by atoms with Crippen molar-refractivity contribution in [1.29, 1.82) is 0 Å². The molecule has 0 N–H and O–H groups in total. The van der Waals surface area contributed by atoms with Gasteiger partial charge in [-0.1, -0.05) is 44.2 Å². The van der Waals surface area contributed by atoms with Gasteiger partial charge in [0.05, 0.1) is 11.9 Å². The summed E-state index contributed by atoms with van der Waals surface area (Å²) in [7, 11) is 0. The summed E-state index contributed by atoms with van der Waals surface area (Å²) in [4.78, 5) is 20.0. The van der Waals surface area contributed by atoms with Crippen molar-refractivity contribution in [2.24, 2.45) is 0 Å². The SMILES string of the molecule is CC(C)c1cnc(C(=O)OCc2ccccc2)cn1. The number of rotatable bonds is 4. The van der Waals surface area contributed by atoms with Crippen molar-refractivity contribution in [3.63, 3.8) is 0 Å². The Labute approximate surface area is 112 Å². The number of aromatic nitrogens is 2. The van der Waals surface area contributed by atoms with E-state index in [0.29, 0.717) is 5.92 Å². The summed E-state index contributed by atoms with van der Waals surface area (Å²) in [6, 6.07) is 9.53. The third-order valence-corrected chi connectivity index (χ3v) is 2.69. The molecule has 1 aromatic heterocycles. The van der Waals surface area contributed by atoms with Crippen molar-refractivity contribution >= 4 is 5.97 Å². The van der Waals surface area contributed by atoms with E-state index in [2.05, 4.69) is 9.97 Å². The monoisotopic (exact) mass is 256 g/mol. The molecular formula is C15H16N2O2. The van der Waals surface area contributed by atoms with Gasteiger partial charge in [-0.2, -0.15) is 0 Å². The molecule has 0 aliphatic heterocycles. The van der Waals surface area contributed by atoms with Crippen molar-refractivity contribution in [3.05, 3.63) is 59.7 Å². The second kappa shape index (κ2) is 6.09. The molecule has 19 heavy (non-hydrogen) atoms. The standard InChI is InChI=1S/C15H16N2O2/c1-11(2)13-8-17-14(9-16-13)15(18)19-10-12-6-4-3-5-7-12/h3-9,11H,10H2,1-2H3. The average molecular weight is 256 g/mol. The Morgan fingerprint density at radius 3 is 2.47 bits per heavy atom. The second-order valence-corrected chi connectivity index (χ2v) is 4.54. The highest BCUT2D eigenvalue weighted by molar-refractivity contribution is 5.86. The summed E-state index contributed by atoms with van der Waals surface area (Å²) < 4.78 is 5.17. The van der Waals surface area contributed by atoms with Gasteiger partial charge in [0, 0.05) is 6.20 Å². The predicted molar refractivity (Wildman–Crippen MR) is 71.7 cm³/mol. The first-order valence-electron chi connectivity index (χ1n) is 6.20. The molecule has 4 heteroatoms. The van der Waals surface area contributed by atoms with Crippen LogP contribution in [0.15, 0.2) is 42.7 Å². The Bertz CT molecular complexity index is 536. The zero-order chi connectivity index (χ0) is 13.7. The number of hydrogen-bond donors (Lipinski definition) is 0. The van der Waals surface area contributed by atoms with Crippen LogP contribution in [0.1, 0.15) is 41.5 Å². The smallest absolute Gasteiger partial charge is 0.358 e. The number of carbonyl (C=O) groups is 1. The van der Waals surface area contributed by atoms with Crippen LogP contribution in [0.25, 0.3) is 0 Å². The van der Waals surface area contributed by atoms with Crippen LogP contribution >= 0.6 is 0 Å². The summed E-state index contributed by atoms with van der Waals surface area (Å²) in [6.07, 6.45) is 3.08. The molecular weight excluding hydrogens is 240 g/mol. The first-order chi connectivity index (χ1) is 9.16. The number of esters is 1. The third kappa shape index (κ3) is 3.61. The number of benzene rings is 1. The highest BCUT2D eigenvalue weighted by atomic mass is 16.5. The first kappa shape index (κ1) is 13.2. The minimum atomic E-state index is -0.452. The molecule has 0 saturated heterocycles. The van der Waals surface area contributed by atoms with Crippen LogP contribution in [-0.2, 0) is 11.3 Å². The lowest BCUT2D eigenvalue weighted by molar-refractivity contribution is 0.0465. The van der Waals surface area contributed by atoms with Gasteiger partial charge < -0.3 is 4.74 Å². The molecule has 2 aromatic rings. The molecule has 98 valence electrons. The van der Waals surface area contributed by atoms with Crippen molar-refractivity contribution < 1.29 is 9.53 Å². The van der Waals surface area contributed by atoms with Crippen LogP contribution in [-0.4, -0.2) is 15.9 Å². The maximum Gasteiger partial charge on any atom is 0.358 e. The number of nitrogens with zero attached hydrogens (tertiary/aromatic N) is 2. The van der Waals surface area contributed by atoms with Crippen LogP contribution in [0, 0.1) is 0 Å². The summed E-state index contributed by atoms with van der Waals surface area (Å²) in [5.41, 5.74) is 2.04. The van der Waals surface area contributed by atoms with E-state index in [1.165, 1.54) is 6.20 Å². The van der Waals surface area contributed by atoms with Gasteiger partial charge >= 0.3 is 5.97 Å². The minimum absolute atomic E-state index is 0.236. The van der Waals surface area contributed by atoms with Gasteiger partial charge in [-0.15, -0.1) is 0 Å². The Morgan fingerprint density at radius 1 is 1.16 bits per heavy atom. The van der Waals surface area contributed by atoms with Crippen molar-refractivity contribution in [3.8, 4) is 0 Å². The lowest BCUT2D eigenvalue weighted by atomic mass is 10.1. The fourth-order valence-electron chi connectivity index (χ4n) is 1.54. The largest absolute Gasteiger partial charge is 0.456 e. The van der Waals surface area contributed by atoms with Crippen LogP contribution in [0.5, 0.6) is 0 Å². The van der Waals surface area contributed by atoms with E-state index in [4.69, 9.17) is 4.74 Å². The van der Waals surface area contributed by atoms with Crippen molar-refractivity contribution in [1.82, 2.24) is 9.97 Å². The van der Waals surface area contributed by atoms with E-state index in [9.17, 15) is 4.79 Å². The first-order valence-corrected chi connectivity index (χ1v) is 6.20. The summed E-state index contributed by atoms with van der Waals surface area (Å²) in [6.45, 7) is 4.29. The number of carbonyl (C=O) groups excluding carboxylic acids is 1. The van der Waals surface area contributed by atoms with Crippen molar-refractivity contribution in [2.75, 3.05) is 0 Å². The van der Waals surface area contributed by atoms with Gasteiger partial charge in [-0.25, -0.2) is 9.78 Å². The summed E-state index contributed by atoms with van der Waals surface area (Å²) in [5.74, 6) is -0.159. The quantitative estimate of drug-likeness (QED) is 0.789. The number of hydrogen-bond acceptors (Lipinski definition) is 4. The minimum Gasteiger partial charge on any atom is -0.456 e. The molecule has 0 fully saturated rings. The zero-order valence-electron chi connectivity index (χ0n) is 11.0. The van der Waals surface area contributed by atoms with E-state index in [1.807, 2.05) is 44.2 Å². The van der Waals surface area contributed by atoms with E-state index < -0.39 is 5.97 Å². The Kier molecular flexibility index (Phi) is 4.23. The van der Waals surface area contributed by atoms with Crippen molar-refractivity contribution in [2.45, 2.75) is 26.4 Å².